The molecule has 1 fully saturated rings. The van der Waals surface area contributed by atoms with Gasteiger partial charge in [0.15, 0.2) is 0 Å². The fraction of sp³-hybridized carbons (Fsp3) is 0.333. The van der Waals surface area contributed by atoms with Gasteiger partial charge in [0, 0.05) is 16.9 Å². The normalized spacial score (nSPS) is 20.4. The van der Waals surface area contributed by atoms with E-state index in [1.165, 1.54) is 11.4 Å². The van der Waals surface area contributed by atoms with Crippen LogP contribution in [0.1, 0.15) is 36.8 Å². The zero-order valence-electron chi connectivity index (χ0n) is 10.5. The fourth-order valence-corrected chi connectivity index (χ4v) is 3.36. The summed E-state index contributed by atoms with van der Waals surface area (Å²) in [5.74, 6) is 0.621. The summed E-state index contributed by atoms with van der Waals surface area (Å²) in [6.07, 6.45) is 1.23. The summed E-state index contributed by atoms with van der Waals surface area (Å²) in [4.78, 5) is 4.72. The van der Waals surface area contributed by atoms with Crippen molar-refractivity contribution in [2.24, 2.45) is 5.41 Å². The number of aromatic nitrogens is 1. The third kappa shape index (κ3) is 1.93. The van der Waals surface area contributed by atoms with E-state index >= 15 is 0 Å². The molecule has 3 rings (SSSR count). The summed E-state index contributed by atoms with van der Waals surface area (Å²) in [6, 6.07) is 9.81. The first-order valence-electron chi connectivity index (χ1n) is 6.06. The van der Waals surface area contributed by atoms with E-state index in [1.807, 2.05) is 24.3 Å². The number of hydrogen-bond acceptors (Lipinski definition) is 3. The molecule has 1 aliphatic carbocycles. The van der Waals surface area contributed by atoms with Gasteiger partial charge in [-0.05, 0) is 24.0 Å². The number of nitrogens with zero attached hydrogens (tertiary/aromatic N) is 2. The Morgan fingerprint density at radius 2 is 2.22 bits per heavy atom. The second-order valence-electron chi connectivity index (χ2n) is 5.51. The molecule has 1 unspecified atom stereocenters. The van der Waals surface area contributed by atoms with E-state index in [0.717, 1.165) is 11.3 Å². The average Bonchev–Trinajstić information content (AvgIpc) is 2.81. The van der Waals surface area contributed by atoms with Crippen LogP contribution in [0.4, 0.5) is 0 Å². The summed E-state index contributed by atoms with van der Waals surface area (Å²) in [6.45, 7) is 4.57. The molecule has 1 heterocycles. The maximum atomic E-state index is 8.91. The Balaban J connectivity index is 1.92. The number of hydrogen-bond donors (Lipinski definition) is 0. The lowest BCUT2D eigenvalue weighted by molar-refractivity contribution is 0.620. The summed E-state index contributed by atoms with van der Waals surface area (Å²) in [5, 5.41) is 12.2. The van der Waals surface area contributed by atoms with Gasteiger partial charge in [-0.3, -0.25) is 0 Å². The summed E-state index contributed by atoms with van der Waals surface area (Å²) >= 11 is 1.74. The summed E-state index contributed by atoms with van der Waals surface area (Å²) < 4.78 is 0. The van der Waals surface area contributed by atoms with E-state index in [2.05, 4.69) is 25.3 Å². The van der Waals surface area contributed by atoms with Gasteiger partial charge in [0.1, 0.15) is 0 Å². The van der Waals surface area contributed by atoms with Crippen LogP contribution >= 0.6 is 11.3 Å². The highest BCUT2D eigenvalue weighted by atomic mass is 32.1. The van der Waals surface area contributed by atoms with Gasteiger partial charge in [0.2, 0.25) is 0 Å². The van der Waals surface area contributed by atoms with Crippen LogP contribution in [0.5, 0.6) is 0 Å². The standard InChI is InChI=1S/C15H14N2S/c1-15(2)7-12(15)14-17-13(9-18-14)11-5-3-4-10(6-11)8-16/h3-6,9,12H,7H2,1-2H3. The Kier molecular flexibility index (Phi) is 2.49. The van der Waals surface area contributed by atoms with Crippen LogP contribution in [-0.2, 0) is 0 Å². The van der Waals surface area contributed by atoms with Crippen LogP contribution in [0.15, 0.2) is 29.6 Å². The van der Waals surface area contributed by atoms with Crippen LogP contribution in [-0.4, -0.2) is 4.98 Å². The van der Waals surface area contributed by atoms with Gasteiger partial charge < -0.3 is 0 Å². The molecule has 0 bridgehead atoms. The van der Waals surface area contributed by atoms with Crippen molar-refractivity contribution in [3.05, 3.63) is 40.2 Å². The molecule has 18 heavy (non-hydrogen) atoms. The lowest BCUT2D eigenvalue weighted by Crippen LogP contribution is -1.89. The molecule has 1 saturated carbocycles. The van der Waals surface area contributed by atoms with E-state index < -0.39 is 0 Å². The predicted octanol–water partition coefficient (Wildman–Crippen LogP) is 4.20. The molecule has 3 heteroatoms. The molecule has 0 spiro atoms. The molecule has 2 aromatic rings. The maximum Gasteiger partial charge on any atom is 0.0991 e. The predicted molar refractivity (Wildman–Crippen MR) is 73.4 cm³/mol. The van der Waals surface area contributed by atoms with Crippen molar-refractivity contribution in [3.8, 4) is 17.3 Å². The minimum absolute atomic E-state index is 0.420. The van der Waals surface area contributed by atoms with E-state index in [9.17, 15) is 0 Å². The zero-order chi connectivity index (χ0) is 12.8. The Hall–Kier alpha value is -1.66. The van der Waals surface area contributed by atoms with Gasteiger partial charge >= 0.3 is 0 Å². The lowest BCUT2D eigenvalue weighted by atomic mass is 10.1. The molecular formula is C15H14N2S. The number of thiazole rings is 1. The molecule has 1 aromatic carbocycles. The van der Waals surface area contributed by atoms with Crippen LogP contribution in [0.2, 0.25) is 0 Å². The van der Waals surface area contributed by atoms with Gasteiger partial charge in [0.25, 0.3) is 0 Å². The van der Waals surface area contributed by atoms with Crippen LogP contribution in [0.3, 0.4) is 0 Å². The van der Waals surface area contributed by atoms with Crippen molar-refractivity contribution in [3.63, 3.8) is 0 Å². The van der Waals surface area contributed by atoms with Crippen molar-refractivity contribution in [2.75, 3.05) is 0 Å². The molecule has 0 amide bonds. The van der Waals surface area contributed by atoms with Crippen molar-refractivity contribution < 1.29 is 0 Å². The van der Waals surface area contributed by atoms with Crippen LogP contribution in [0, 0.1) is 16.7 Å². The lowest BCUT2D eigenvalue weighted by Gasteiger charge is -1.99. The molecule has 1 aliphatic rings. The van der Waals surface area contributed by atoms with E-state index in [1.54, 1.807) is 11.3 Å². The SMILES string of the molecule is CC1(C)CC1c1nc(-c2cccc(C#N)c2)cs1. The second kappa shape index (κ2) is 3.93. The zero-order valence-corrected chi connectivity index (χ0v) is 11.3. The molecule has 2 nitrogen and oxygen atoms in total. The first-order valence-corrected chi connectivity index (χ1v) is 6.94. The van der Waals surface area contributed by atoms with Gasteiger partial charge in [-0.25, -0.2) is 4.98 Å². The minimum atomic E-state index is 0.420. The first kappa shape index (κ1) is 11.4. The highest BCUT2D eigenvalue weighted by Gasteiger charge is 2.48. The number of benzene rings is 1. The van der Waals surface area contributed by atoms with Gasteiger partial charge in [-0.15, -0.1) is 11.3 Å². The van der Waals surface area contributed by atoms with E-state index in [-0.39, 0.29) is 0 Å². The monoisotopic (exact) mass is 254 g/mol. The quantitative estimate of drug-likeness (QED) is 0.805. The van der Waals surface area contributed by atoms with Crippen molar-refractivity contribution in [1.29, 1.82) is 5.26 Å². The molecule has 1 atom stereocenters. The Bertz CT molecular complexity index is 634. The minimum Gasteiger partial charge on any atom is -0.241 e. The highest BCUT2D eigenvalue weighted by Crippen LogP contribution is 2.59. The largest absolute Gasteiger partial charge is 0.241 e. The Morgan fingerprint density at radius 3 is 2.89 bits per heavy atom. The van der Waals surface area contributed by atoms with Crippen molar-refractivity contribution >= 4 is 11.3 Å². The Morgan fingerprint density at radius 1 is 1.44 bits per heavy atom. The average molecular weight is 254 g/mol. The number of rotatable bonds is 2. The fourth-order valence-electron chi connectivity index (χ4n) is 2.22. The van der Waals surface area contributed by atoms with Gasteiger partial charge in [-0.1, -0.05) is 26.0 Å². The van der Waals surface area contributed by atoms with E-state index in [4.69, 9.17) is 10.2 Å². The van der Waals surface area contributed by atoms with Gasteiger partial charge in [-0.2, -0.15) is 5.26 Å². The second-order valence-corrected chi connectivity index (χ2v) is 6.40. The summed E-state index contributed by atoms with van der Waals surface area (Å²) in [5.41, 5.74) is 3.14. The Labute approximate surface area is 111 Å². The molecule has 0 saturated heterocycles. The third-order valence-electron chi connectivity index (χ3n) is 3.62. The summed E-state index contributed by atoms with van der Waals surface area (Å²) in [7, 11) is 0. The van der Waals surface area contributed by atoms with Crippen molar-refractivity contribution in [1.82, 2.24) is 4.98 Å². The van der Waals surface area contributed by atoms with Gasteiger partial charge in [0.05, 0.1) is 22.3 Å². The first-order chi connectivity index (χ1) is 8.60. The van der Waals surface area contributed by atoms with Crippen molar-refractivity contribution in [2.45, 2.75) is 26.2 Å². The molecule has 0 N–H and O–H groups in total. The number of nitriles is 1. The van der Waals surface area contributed by atoms with Crippen LogP contribution < -0.4 is 0 Å². The highest BCUT2D eigenvalue weighted by molar-refractivity contribution is 7.10. The topological polar surface area (TPSA) is 36.7 Å². The molecule has 1 aromatic heterocycles. The molecule has 0 aliphatic heterocycles. The smallest absolute Gasteiger partial charge is 0.0991 e. The molecule has 90 valence electrons. The third-order valence-corrected chi connectivity index (χ3v) is 4.58. The van der Waals surface area contributed by atoms with Crippen LogP contribution in [0.25, 0.3) is 11.3 Å². The van der Waals surface area contributed by atoms with E-state index in [0.29, 0.717) is 16.9 Å². The molecular weight excluding hydrogens is 240 g/mol. The maximum absolute atomic E-state index is 8.91. The molecule has 0 radical (unpaired) electrons.